The normalized spacial score (nSPS) is 16.1. The lowest BCUT2D eigenvalue weighted by molar-refractivity contribution is 0.129. The minimum absolute atomic E-state index is 0.321. The molecule has 18 heavy (non-hydrogen) atoms. The van der Waals surface area contributed by atoms with Crippen LogP contribution in [-0.4, -0.2) is 28.2 Å². The van der Waals surface area contributed by atoms with Gasteiger partial charge in [-0.3, -0.25) is 0 Å². The molecule has 4 nitrogen and oxygen atoms in total. The first-order valence-corrected chi connectivity index (χ1v) is 8.91. The molecule has 0 atom stereocenters. The molecule has 0 unspecified atom stereocenters. The zero-order chi connectivity index (χ0) is 13.2. The summed E-state index contributed by atoms with van der Waals surface area (Å²) >= 11 is 4.71. The van der Waals surface area contributed by atoms with Crippen molar-refractivity contribution < 1.29 is 13.2 Å². The van der Waals surface area contributed by atoms with Crippen molar-refractivity contribution in [2.24, 2.45) is 5.92 Å². The van der Waals surface area contributed by atoms with Crippen LogP contribution in [0.3, 0.4) is 0 Å². The van der Waals surface area contributed by atoms with Crippen LogP contribution in [0.1, 0.15) is 17.7 Å². The maximum atomic E-state index is 12.0. The third-order valence-corrected chi connectivity index (χ3v) is 5.99. The Balaban J connectivity index is 1.81. The largest absolute Gasteiger partial charge is 0.380 e. The zero-order valence-corrected chi connectivity index (χ0v) is 13.3. The van der Waals surface area contributed by atoms with Crippen LogP contribution >= 0.6 is 27.3 Å². The highest BCUT2D eigenvalue weighted by molar-refractivity contribution is 9.11. The molecule has 0 amide bonds. The Hall–Kier alpha value is 0.0500. The summed E-state index contributed by atoms with van der Waals surface area (Å²) in [6.45, 7) is 3.31. The number of rotatable bonds is 7. The molecule has 7 heteroatoms. The van der Waals surface area contributed by atoms with Crippen molar-refractivity contribution in [1.29, 1.82) is 0 Å². The highest BCUT2D eigenvalue weighted by Gasteiger charge is 2.21. The molecule has 1 aliphatic rings. The van der Waals surface area contributed by atoms with E-state index >= 15 is 0 Å². The van der Waals surface area contributed by atoms with E-state index in [1.54, 1.807) is 13.0 Å². The Morgan fingerprint density at radius 3 is 2.83 bits per heavy atom. The summed E-state index contributed by atoms with van der Waals surface area (Å²) in [5.41, 5.74) is 0. The van der Waals surface area contributed by atoms with Crippen molar-refractivity contribution in [3.8, 4) is 0 Å². The molecule has 0 aliphatic heterocycles. The molecule has 0 spiro atoms. The lowest BCUT2D eigenvalue weighted by atomic mass is 10.5. The monoisotopic (exact) mass is 353 g/mol. The van der Waals surface area contributed by atoms with E-state index in [0.717, 1.165) is 15.3 Å². The van der Waals surface area contributed by atoms with Gasteiger partial charge in [-0.2, -0.15) is 0 Å². The average molecular weight is 354 g/mol. The first kappa shape index (κ1) is 14.5. The second-order valence-corrected chi connectivity index (χ2v) is 8.76. The molecule has 102 valence electrons. The Labute approximate surface area is 120 Å². The van der Waals surface area contributed by atoms with Gasteiger partial charge in [-0.1, -0.05) is 0 Å². The highest BCUT2D eigenvalue weighted by Crippen LogP contribution is 2.29. The number of sulfonamides is 1. The predicted octanol–water partition coefficient (Wildman–Crippen LogP) is 2.52. The Bertz CT molecular complexity index is 508. The Morgan fingerprint density at radius 1 is 1.56 bits per heavy atom. The van der Waals surface area contributed by atoms with Gasteiger partial charge in [-0.25, -0.2) is 13.1 Å². The van der Waals surface area contributed by atoms with Gasteiger partial charge in [0.15, 0.2) is 0 Å². The summed E-state index contributed by atoms with van der Waals surface area (Å²) in [7, 11) is -3.40. The topological polar surface area (TPSA) is 55.4 Å². The number of ether oxygens (including phenoxy) is 1. The van der Waals surface area contributed by atoms with E-state index in [2.05, 4.69) is 20.7 Å². The molecule has 1 aromatic heterocycles. The first-order chi connectivity index (χ1) is 8.49. The van der Waals surface area contributed by atoms with E-state index in [9.17, 15) is 8.42 Å². The zero-order valence-electron chi connectivity index (χ0n) is 10.1. The number of thiophene rings is 1. The fourth-order valence-electron chi connectivity index (χ4n) is 1.56. The highest BCUT2D eigenvalue weighted by atomic mass is 79.9. The van der Waals surface area contributed by atoms with Gasteiger partial charge in [0.2, 0.25) is 10.0 Å². The van der Waals surface area contributed by atoms with E-state index in [-0.39, 0.29) is 0 Å². The standard InChI is InChI=1S/C11H16BrNO3S2/c1-8-10(6-11(12)17-8)18(14,15)13-4-5-16-7-9-2-3-9/h6,9,13H,2-5,7H2,1H3. The molecule has 1 heterocycles. The molecule has 2 rings (SSSR count). The molecule has 0 radical (unpaired) electrons. The van der Waals surface area contributed by atoms with Gasteiger partial charge in [-0.15, -0.1) is 11.3 Å². The van der Waals surface area contributed by atoms with E-state index in [1.165, 1.54) is 24.2 Å². The first-order valence-electron chi connectivity index (χ1n) is 5.82. The average Bonchev–Trinajstić information content (AvgIpc) is 3.03. The van der Waals surface area contributed by atoms with Crippen LogP contribution in [0.2, 0.25) is 0 Å². The van der Waals surface area contributed by atoms with Crippen molar-refractivity contribution in [3.63, 3.8) is 0 Å². The number of aryl methyl sites for hydroxylation is 1. The molecule has 1 saturated carbocycles. The van der Waals surface area contributed by atoms with E-state index in [4.69, 9.17) is 4.74 Å². The van der Waals surface area contributed by atoms with Crippen molar-refractivity contribution in [1.82, 2.24) is 4.72 Å². The maximum absolute atomic E-state index is 12.0. The van der Waals surface area contributed by atoms with Gasteiger partial charge < -0.3 is 4.74 Å². The van der Waals surface area contributed by atoms with Crippen LogP contribution < -0.4 is 4.72 Å². The van der Waals surface area contributed by atoms with Gasteiger partial charge in [0.25, 0.3) is 0 Å². The SMILES string of the molecule is Cc1sc(Br)cc1S(=O)(=O)NCCOCC1CC1. The third-order valence-electron chi connectivity index (χ3n) is 2.72. The summed E-state index contributed by atoms with van der Waals surface area (Å²) in [5.74, 6) is 0.705. The summed E-state index contributed by atoms with van der Waals surface area (Å²) in [5, 5.41) is 0. The summed E-state index contributed by atoms with van der Waals surface area (Å²) in [6, 6.07) is 1.63. The molecule has 0 aromatic carbocycles. The van der Waals surface area contributed by atoms with Crippen molar-refractivity contribution in [2.45, 2.75) is 24.7 Å². The van der Waals surface area contributed by atoms with Gasteiger partial charge >= 0.3 is 0 Å². The minimum atomic E-state index is -3.40. The summed E-state index contributed by atoms with van der Waals surface area (Å²) in [6.07, 6.45) is 2.49. The smallest absolute Gasteiger partial charge is 0.241 e. The van der Waals surface area contributed by atoms with Crippen LogP contribution in [0.15, 0.2) is 14.7 Å². The lowest BCUT2D eigenvalue weighted by Crippen LogP contribution is -2.27. The van der Waals surface area contributed by atoms with Crippen LogP contribution in [0.5, 0.6) is 0 Å². The summed E-state index contributed by atoms with van der Waals surface area (Å²) < 4.78 is 32.8. The van der Waals surface area contributed by atoms with Gasteiger partial charge in [0.05, 0.1) is 15.3 Å². The molecule has 1 aliphatic carbocycles. The fourth-order valence-corrected chi connectivity index (χ4v) is 4.98. The Morgan fingerprint density at radius 2 is 2.28 bits per heavy atom. The lowest BCUT2D eigenvalue weighted by Gasteiger charge is -2.06. The van der Waals surface area contributed by atoms with E-state index in [1.807, 2.05) is 0 Å². The fraction of sp³-hybridized carbons (Fsp3) is 0.636. The van der Waals surface area contributed by atoms with Crippen molar-refractivity contribution in [3.05, 3.63) is 14.7 Å². The van der Waals surface area contributed by atoms with Crippen molar-refractivity contribution >= 4 is 37.3 Å². The molecular weight excluding hydrogens is 338 g/mol. The molecule has 0 bridgehead atoms. The predicted molar refractivity (Wildman–Crippen MR) is 75.5 cm³/mol. The van der Waals surface area contributed by atoms with E-state index < -0.39 is 10.0 Å². The second-order valence-electron chi connectivity index (χ2n) is 4.39. The van der Waals surface area contributed by atoms with Crippen LogP contribution in [0.25, 0.3) is 0 Å². The molecule has 1 N–H and O–H groups in total. The number of nitrogens with one attached hydrogen (secondary N) is 1. The van der Waals surface area contributed by atoms with Crippen molar-refractivity contribution in [2.75, 3.05) is 19.8 Å². The number of hydrogen-bond donors (Lipinski definition) is 1. The van der Waals surface area contributed by atoms with Crippen LogP contribution in [0.4, 0.5) is 0 Å². The maximum Gasteiger partial charge on any atom is 0.241 e. The van der Waals surface area contributed by atoms with E-state index in [0.29, 0.717) is 24.0 Å². The molecular formula is C11H16BrNO3S2. The number of hydrogen-bond acceptors (Lipinski definition) is 4. The number of halogens is 1. The second kappa shape index (κ2) is 6.00. The molecule has 1 fully saturated rings. The van der Waals surface area contributed by atoms with Gasteiger partial charge in [0, 0.05) is 18.0 Å². The quantitative estimate of drug-likeness (QED) is 0.766. The minimum Gasteiger partial charge on any atom is -0.380 e. The Kier molecular flexibility index (Phi) is 4.82. The van der Waals surface area contributed by atoms with Crippen LogP contribution in [0, 0.1) is 12.8 Å². The molecule has 0 saturated heterocycles. The molecule has 1 aromatic rings. The third kappa shape index (κ3) is 4.03. The van der Waals surface area contributed by atoms with Gasteiger partial charge in [-0.05, 0) is 47.7 Å². The van der Waals surface area contributed by atoms with Gasteiger partial charge in [0.1, 0.15) is 0 Å². The van der Waals surface area contributed by atoms with Crippen LogP contribution in [-0.2, 0) is 14.8 Å². The summed E-state index contributed by atoms with van der Waals surface area (Å²) in [4.78, 5) is 1.13.